The van der Waals surface area contributed by atoms with Crippen LogP contribution in [0.2, 0.25) is 0 Å². The van der Waals surface area contributed by atoms with Crippen LogP contribution in [0.1, 0.15) is 6.23 Å². The fourth-order valence-corrected chi connectivity index (χ4v) is 1.92. The van der Waals surface area contributed by atoms with E-state index >= 15 is 0 Å². The van der Waals surface area contributed by atoms with E-state index in [2.05, 4.69) is 10.0 Å². The zero-order chi connectivity index (χ0) is 27.5. The molecule has 25 heteroatoms. The number of aliphatic hydroxyl groups excluding tert-OH is 2. The SMILES string of the molecule is O=P(O)(O)O.O=P(O)(O)O.O=P(O)(O)O.[N-]=[N+]=N[C@@H]1[C@H](O)[C@@H](CO)O[C@H]1n1ccc(=O)[nH]c1=O. The second-order valence-electron chi connectivity index (χ2n) is 5.49. The Balaban J connectivity index is 0. The monoisotopic (exact) mass is 563 g/mol. The summed E-state index contributed by atoms with van der Waals surface area (Å²) in [5.74, 6) is 0. The number of nitrogens with zero attached hydrogens (tertiary/aromatic N) is 4. The van der Waals surface area contributed by atoms with Gasteiger partial charge in [-0.1, -0.05) is 5.11 Å². The topological polar surface area (TPSA) is 387 Å². The van der Waals surface area contributed by atoms with Crippen molar-refractivity contribution < 1.29 is 72.7 Å². The quantitative estimate of drug-likeness (QED) is 0.0715. The van der Waals surface area contributed by atoms with Gasteiger partial charge in [0.25, 0.3) is 5.56 Å². The van der Waals surface area contributed by atoms with Crippen LogP contribution in [0.5, 0.6) is 0 Å². The van der Waals surface area contributed by atoms with Gasteiger partial charge in [0, 0.05) is 17.2 Å². The fourth-order valence-electron chi connectivity index (χ4n) is 1.92. The Labute approximate surface area is 186 Å². The standard InChI is InChI=1S/C9H11N5O5.3H3O4P/c10-13-12-6-7(17)4(3-15)19-8(6)14-2-1-5(16)11-9(14)18;3*1-5(2,3)4/h1-2,4,6-8,15,17H,3H2,(H,11,16,18);3*(H3,1,2,3,4)/t4-,6-,7-,8-;;;/m1.../s1. The van der Waals surface area contributed by atoms with Gasteiger partial charge >= 0.3 is 29.2 Å². The number of azide groups is 1. The van der Waals surface area contributed by atoms with Crippen LogP contribution in [0.15, 0.2) is 27.0 Å². The Morgan fingerprint density at radius 3 is 1.74 bits per heavy atom. The van der Waals surface area contributed by atoms with Gasteiger partial charge in [-0.2, -0.15) is 0 Å². The normalized spacial score (nSPS) is 22.0. The number of hydrogen-bond donors (Lipinski definition) is 12. The van der Waals surface area contributed by atoms with E-state index < -0.39 is 65.8 Å². The van der Waals surface area contributed by atoms with Crippen molar-refractivity contribution in [3.63, 3.8) is 0 Å². The molecule has 0 radical (unpaired) electrons. The van der Waals surface area contributed by atoms with Crippen molar-refractivity contribution in [2.24, 2.45) is 5.11 Å². The number of aromatic nitrogens is 2. The summed E-state index contributed by atoms with van der Waals surface area (Å²) in [6.45, 7) is -0.493. The molecule has 12 N–H and O–H groups in total. The average molecular weight is 563 g/mol. The molecular weight excluding hydrogens is 543 g/mol. The molecule has 0 amide bonds. The first kappa shape index (κ1) is 34.4. The first-order chi connectivity index (χ1) is 15.1. The van der Waals surface area contributed by atoms with Crippen LogP contribution in [0.25, 0.3) is 10.4 Å². The van der Waals surface area contributed by atoms with Crippen molar-refractivity contribution in [2.45, 2.75) is 24.5 Å². The minimum atomic E-state index is -4.64. The molecule has 1 aromatic heterocycles. The van der Waals surface area contributed by atoms with Crippen molar-refractivity contribution in [2.75, 3.05) is 6.61 Å². The molecule has 1 aliphatic heterocycles. The highest BCUT2D eigenvalue weighted by Crippen LogP contribution is 2.30. The van der Waals surface area contributed by atoms with E-state index in [9.17, 15) is 14.7 Å². The summed E-state index contributed by atoms with van der Waals surface area (Å²) in [5.41, 5.74) is 7.12. The largest absolute Gasteiger partial charge is 0.466 e. The number of aliphatic hydroxyl groups is 2. The summed E-state index contributed by atoms with van der Waals surface area (Å²) in [6, 6.07) is 0.0158. The third kappa shape index (κ3) is 19.6. The number of H-pyrrole nitrogens is 1. The predicted molar refractivity (Wildman–Crippen MR) is 104 cm³/mol. The highest BCUT2D eigenvalue weighted by atomic mass is 31.2. The second-order valence-corrected chi connectivity index (χ2v) is 8.57. The zero-order valence-corrected chi connectivity index (χ0v) is 18.9. The number of rotatable bonds is 3. The van der Waals surface area contributed by atoms with Crippen LogP contribution in [0, 0.1) is 0 Å². The highest BCUT2D eigenvalue weighted by molar-refractivity contribution is 7.45. The summed E-state index contributed by atoms with van der Waals surface area (Å²) in [7, 11) is -13.9. The molecule has 2 rings (SSSR count). The van der Waals surface area contributed by atoms with Crippen LogP contribution in [0.3, 0.4) is 0 Å². The summed E-state index contributed by atoms with van der Waals surface area (Å²) in [5, 5.41) is 22.2. The van der Waals surface area contributed by atoms with Gasteiger partial charge in [-0.25, -0.2) is 18.5 Å². The van der Waals surface area contributed by atoms with E-state index in [1.807, 2.05) is 4.98 Å². The molecule has 1 aromatic rings. The van der Waals surface area contributed by atoms with Crippen molar-refractivity contribution >= 4 is 23.5 Å². The summed E-state index contributed by atoms with van der Waals surface area (Å²) < 4.78 is 32.9. The maximum absolute atomic E-state index is 11.6. The average Bonchev–Trinajstić information content (AvgIpc) is 2.87. The third-order valence-corrected chi connectivity index (χ3v) is 2.83. The highest BCUT2D eigenvalue weighted by Gasteiger charge is 2.44. The van der Waals surface area contributed by atoms with Gasteiger partial charge in [-0.15, -0.1) is 0 Å². The van der Waals surface area contributed by atoms with Crippen molar-refractivity contribution in [3.05, 3.63) is 43.5 Å². The van der Waals surface area contributed by atoms with Crippen LogP contribution in [-0.4, -0.2) is 88.7 Å². The molecule has 4 atom stereocenters. The van der Waals surface area contributed by atoms with Crippen LogP contribution >= 0.6 is 23.5 Å². The molecule has 0 saturated carbocycles. The Bertz CT molecular complexity index is 993. The van der Waals surface area contributed by atoms with E-state index in [4.69, 9.17) is 73.1 Å². The summed E-state index contributed by atoms with van der Waals surface area (Å²) >= 11 is 0. The Kier molecular flexibility index (Phi) is 14.7. The lowest BCUT2D eigenvalue weighted by Gasteiger charge is -2.17. The van der Waals surface area contributed by atoms with E-state index in [0.717, 1.165) is 16.8 Å². The van der Waals surface area contributed by atoms with Crippen molar-refractivity contribution in [1.82, 2.24) is 9.55 Å². The van der Waals surface area contributed by atoms with Crippen molar-refractivity contribution in [1.29, 1.82) is 0 Å². The molecule has 0 bridgehead atoms. The molecule has 22 nitrogen and oxygen atoms in total. The zero-order valence-electron chi connectivity index (χ0n) is 16.2. The maximum Gasteiger partial charge on any atom is 0.466 e. The number of ether oxygens (including phenoxy) is 1. The molecule has 2 heterocycles. The maximum atomic E-state index is 11.6. The van der Waals surface area contributed by atoms with E-state index in [1.54, 1.807) is 0 Å². The van der Waals surface area contributed by atoms with E-state index in [-0.39, 0.29) is 0 Å². The Morgan fingerprint density at radius 2 is 1.41 bits per heavy atom. The lowest BCUT2D eigenvalue weighted by molar-refractivity contribution is -0.0464. The van der Waals surface area contributed by atoms with Crippen LogP contribution < -0.4 is 11.2 Å². The van der Waals surface area contributed by atoms with E-state index in [0.29, 0.717) is 0 Å². The molecular formula is C9H20N5O17P3. The minimum absolute atomic E-state index is 0.493. The first-order valence-electron chi connectivity index (χ1n) is 7.73. The van der Waals surface area contributed by atoms with Gasteiger partial charge in [-0.05, 0) is 5.53 Å². The summed E-state index contributed by atoms with van der Waals surface area (Å²) in [4.78, 5) is 91.9. The van der Waals surface area contributed by atoms with Crippen molar-refractivity contribution in [3.8, 4) is 0 Å². The van der Waals surface area contributed by atoms with Gasteiger partial charge in [0.2, 0.25) is 0 Å². The first-order valence-corrected chi connectivity index (χ1v) is 12.4. The number of aromatic amines is 1. The Hall–Kier alpha value is -1.80. The van der Waals surface area contributed by atoms with Gasteiger partial charge < -0.3 is 59.0 Å². The fraction of sp³-hybridized carbons (Fsp3) is 0.556. The molecule has 198 valence electrons. The lowest BCUT2D eigenvalue weighted by Crippen LogP contribution is -2.36. The smallest absolute Gasteiger partial charge is 0.394 e. The number of hydrogen-bond acceptors (Lipinski definition) is 9. The van der Waals surface area contributed by atoms with Crippen LogP contribution in [-0.2, 0) is 18.4 Å². The number of phosphoric acid groups is 3. The van der Waals surface area contributed by atoms with E-state index in [1.165, 1.54) is 0 Å². The Morgan fingerprint density at radius 1 is 1.00 bits per heavy atom. The van der Waals surface area contributed by atoms with Gasteiger partial charge in [0.15, 0.2) is 0 Å². The van der Waals surface area contributed by atoms with Gasteiger partial charge in [0.05, 0.1) is 12.7 Å². The molecule has 1 aliphatic rings. The second kappa shape index (κ2) is 14.6. The molecule has 34 heavy (non-hydrogen) atoms. The molecule has 1 saturated heterocycles. The van der Waals surface area contributed by atoms with Gasteiger partial charge in [0.1, 0.15) is 18.4 Å². The molecule has 0 spiro atoms. The predicted octanol–water partition coefficient (Wildman–Crippen LogP) is -4.32. The molecule has 0 aliphatic carbocycles. The lowest BCUT2D eigenvalue weighted by atomic mass is 10.1. The van der Waals surface area contributed by atoms with Gasteiger partial charge in [-0.3, -0.25) is 14.3 Å². The molecule has 1 fully saturated rings. The minimum Gasteiger partial charge on any atom is -0.394 e. The third-order valence-electron chi connectivity index (χ3n) is 2.83. The molecule has 0 unspecified atom stereocenters. The van der Waals surface area contributed by atoms with Crippen LogP contribution in [0.4, 0.5) is 0 Å². The number of nitrogens with one attached hydrogen (secondary N) is 1. The molecule has 0 aromatic carbocycles. The summed E-state index contributed by atoms with van der Waals surface area (Å²) in [6.07, 6.45) is -2.14.